The minimum absolute atomic E-state index is 0.0791. The molecule has 0 bridgehead atoms. The van der Waals surface area contributed by atoms with Crippen LogP contribution in [-0.4, -0.2) is 71.8 Å². The van der Waals surface area contributed by atoms with Gasteiger partial charge in [0.15, 0.2) is 0 Å². The van der Waals surface area contributed by atoms with Crippen molar-refractivity contribution >= 4 is 17.5 Å². The molecule has 2 rings (SSSR count). The third kappa shape index (κ3) is 2.80. The highest BCUT2D eigenvalue weighted by Gasteiger charge is 2.28. The highest BCUT2D eigenvalue weighted by Crippen LogP contribution is 2.06. The van der Waals surface area contributed by atoms with Crippen molar-refractivity contribution in [2.45, 2.75) is 6.42 Å². The topological polar surface area (TPSA) is 85.2 Å². The number of aliphatic hydroxyl groups excluding tert-OH is 1. The molecule has 7 heteroatoms. The fourth-order valence-corrected chi connectivity index (χ4v) is 1.98. The Morgan fingerprint density at radius 2 is 2.06 bits per heavy atom. The first-order valence-electron chi connectivity index (χ1n) is 5.68. The molecule has 0 atom stereocenters. The second-order valence-electron chi connectivity index (χ2n) is 4.13. The number of rotatable bonds is 3. The van der Waals surface area contributed by atoms with Crippen LogP contribution in [0.25, 0.3) is 0 Å². The van der Waals surface area contributed by atoms with Gasteiger partial charge in [-0.2, -0.15) is 5.10 Å². The Labute approximate surface area is 99.1 Å². The molecule has 0 radical (unpaired) electrons. The van der Waals surface area contributed by atoms with Crippen LogP contribution in [0.15, 0.2) is 5.10 Å². The molecule has 0 spiro atoms. The van der Waals surface area contributed by atoms with Crippen molar-refractivity contribution in [1.29, 1.82) is 0 Å². The maximum absolute atomic E-state index is 11.9. The van der Waals surface area contributed by atoms with E-state index in [-0.39, 0.29) is 24.8 Å². The minimum atomic E-state index is -0.229. The largest absolute Gasteiger partial charge is 0.395 e. The van der Waals surface area contributed by atoms with Crippen LogP contribution in [0.1, 0.15) is 6.42 Å². The number of carbonyl (C=O) groups excluding carboxylic acids is 2. The molecule has 0 aromatic rings. The number of piperazine rings is 1. The predicted octanol–water partition coefficient (Wildman–Crippen LogP) is -2.00. The van der Waals surface area contributed by atoms with E-state index >= 15 is 0 Å². The predicted molar refractivity (Wildman–Crippen MR) is 60.3 cm³/mol. The maximum Gasteiger partial charge on any atom is 0.270 e. The number of hydrazone groups is 1. The lowest BCUT2D eigenvalue weighted by Gasteiger charge is -2.34. The van der Waals surface area contributed by atoms with Gasteiger partial charge in [-0.3, -0.25) is 14.5 Å². The Bertz CT molecular complexity index is 347. The van der Waals surface area contributed by atoms with Gasteiger partial charge in [0, 0.05) is 32.7 Å². The lowest BCUT2D eigenvalue weighted by molar-refractivity contribution is -0.126. The summed E-state index contributed by atoms with van der Waals surface area (Å²) in [5, 5.41) is 12.5. The first-order chi connectivity index (χ1) is 8.20. The van der Waals surface area contributed by atoms with E-state index in [0.29, 0.717) is 25.3 Å². The Hall–Kier alpha value is -1.47. The number of β-amino-alcohol motifs (C(OH)–C–C–N with tert-alkyl or cyclic N) is 1. The summed E-state index contributed by atoms with van der Waals surface area (Å²) in [5.74, 6) is -0.390. The normalized spacial score (nSPS) is 21.4. The number of nitrogens with zero attached hydrogens (tertiary/aromatic N) is 3. The monoisotopic (exact) mass is 240 g/mol. The molecule has 0 aromatic heterocycles. The Morgan fingerprint density at radius 3 is 2.59 bits per heavy atom. The van der Waals surface area contributed by atoms with Crippen LogP contribution in [0.3, 0.4) is 0 Å². The molecular weight excluding hydrogens is 224 g/mol. The first-order valence-corrected chi connectivity index (χ1v) is 5.68. The molecule has 0 saturated carbocycles. The van der Waals surface area contributed by atoms with Gasteiger partial charge in [0.1, 0.15) is 5.71 Å². The van der Waals surface area contributed by atoms with Gasteiger partial charge in [-0.15, -0.1) is 0 Å². The second-order valence-corrected chi connectivity index (χ2v) is 4.13. The van der Waals surface area contributed by atoms with Crippen molar-refractivity contribution in [2.75, 3.05) is 39.3 Å². The quantitative estimate of drug-likeness (QED) is 0.597. The van der Waals surface area contributed by atoms with E-state index in [1.54, 1.807) is 4.90 Å². The van der Waals surface area contributed by atoms with Crippen molar-refractivity contribution in [3.63, 3.8) is 0 Å². The minimum Gasteiger partial charge on any atom is -0.395 e. The van der Waals surface area contributed by atoms with E-state index in [2.05, 4.69) is 15.4 Å². The lowest BCUT2D eigenvalue weighted by atomic mass is 10.2. The van der Waals surface area contributed by atoms with Crippen LogP contribution in [-0.2, 0) is 9.59 Å². The SMILES string of the molecule is O=C1CC(C(=O)N2CCN(CCO)CC2)=NN1. The number of amides is 2. The van der Waals surface area contributed by atoms with Gasteiger partial charge in [-0.1, -0.05) is 0 Å². The fourth-order valence-electron chi connectivity index (χ4n) is 1.98. The Kier molecular flexibility index (Phi) is 3.70. The van der Waals surface area contributed by atoms with Crippen molar-refractivity contribution in [3.8, 4) is 0 Å². The molecular formula is C10H16N4O3. The van der Waals surface area contributed by atoms with E-state index in [9.17, 15) is 9.59 Å². The smallest absolute Gasteiger partial charge is 0.270 e. The molecule has 1 saturated heterocycles. The number of hydrogen-bond donors (Lipinski definition) is 2. The average Bonchev–Trinajstić information content (AvgIpc) is 2.76. The number of aliphatic hydroxyl groups is 1. The summed E-state index contributed by atoms with van der Waals surface area (Å²) < 4.78 is 0. The van der Waals surface area contributed by atoms with Crippen LogP contribution < -0.4 is 5.43 Å². The van der Waals surface area contributed by atoms with Gasteiger partial charge < -0.3 is 10.0 Å². The van der Waals surface area contributed by atoms with Crippen LogP contribution in [0.4, 0.5) is 0 Å². The van der Waals surface area contributed by atoms with Gasteiger partial charge >= 0.3 is 0 Å². The lowest BCUT2D eigenvalue weighted by Crippen LogP contribution is -2.50. The van der Waals surface area contributed by atoms with Gasteiger partial charge in [0.05, 0.1) is 13.0 Å². The summed E-state index contributed by atoms with van der Waals surface area (Å²) >= 11 is 0. The van der Waals surface area contributed by atoms with Crippen LogP contribution >= 0.6 is 0 Å². The summed E-state index contributed by atoms with van der Waals surface area (Å²) in [4.78, 5) is 26.7. The standard InChI is InChI=1S/C10H16N4O3/c15-6-5-13-1-3-14(4-2-13)10(17)8-7-9(16)12-11-8/h15H,1-7H2,(H,12,16). The zero-order chi connectivity index (χ0) is 12.3. The molecule has 1 fully saturated rings. The van der Waals surface area contributed by atoms with Crippen LogP contribution in [0.2, 0.25) is 0 Å². The van der Waals surface area contributed by atoms with Gasteiger partial charge in [0.2, 0.25) is 5.91 Å². The van der Waals surface area contributed by atoms with E-state index in [4.69, 9.17) is 5.11 Å². The third-order valence-corrected chi connectivity index (χ3v) is 2.97. The molecule has 2 aliphatic rings. The van der Waals surface area contributed by atoms with E-state index < -0.39 is 0 Å². The van der Waals surface area contributed by atoms with Crippen molar-refractivity contribution in [3.05, 3.63) is 0 Å². The molecule has 94 valence electrons. The molecule has 0 unspecified atom stereocenters. The molecule has 2 heterocycles. The first kappa shape index (κ1) is 12.0. The zero-order valence-corrected chi connectivity index (χ0v) is 9.56. The second kappa shape index (κ2) is 5.24. The molecule has 7 nitrogen and oxygen atoms in total. The van der Waals surface area contributed by atoms with Crippen LogP contribution in [0.5, 0.6) is 0 Å². The fraction of sp³-hybridized carbons (Fsp3) is 0.700. The number of hydrogen-bond acceptors (Lipinski definition) is 5. The Morgan fingerprint density at radius 1 is 1.35 bits per heavy atom. The highest BCUT2D eigenvalue weighted by atomic mass is 16.3. The number of nitrogens with one attached hydrogen (secondary N) is 1. The summed E-state index contributed by atoms with van der Waals surface area (Å²) in [7, 11) is 0. The summed E-state index contributed by atoms with van der Waals surface area (Å²) in [6.45, 7) is 3.52. The summed E-state index contributed by atoms with van der Waals surface area (Å²) in [6.07, 6.45) is 0.0791. The zero-order valence-electron chi connectivity index (χ0n) is 9.56. The van der Waals surface area contributed by atoms with Crippen LogP contribution in [0, 0.1) is 0 Å². The molecule has 2 N–H and O–H groups in total. The molecule has 0 aromatic carbocycles. The third-order valence-electron chi connectivity index (χ3n) is 2.97. The van der Waals surface area contributed by atoms with Crippen molar-refractivity contribution in [2.24, 2.45) is 5.10 Å². The van der Waals surface area contributed by atoms with Crippen molar-refractivity contribution in [1.82, 2.24) is 15.2 Å². The van der Waals surface area contributed by atoms with Gasteiger partial charge in [0.25, 0.3) is 5.91 Å². The molecule has 2 aliphatic heterocycles. The van der Waals surface area contributed by atoms with E-state index in [0.717, 1.165) is 13.1 Å². The molecule has 0 aliphatic carbocycles. The van der Waals surface area contributed by atoms with Crippen molar-refractivity contribution < 1.29 is 14.7 Å². The summed E-state index contributed by atoms with van der Waals surface area (Å²) in [5.41, 5.74) is 2.57. The average molecular weight is 240 g/mol. The maximum atomic E-state index is 11.9. The molecule has 2 amide bonds. The Balaban J connectivity index is 1.84. The number of carbonyl (C=O) groups is 2. The van der Waals surface area contributed by atoms with Gasteiger partial charge in [-0.05, 0) is 0 Å². The van der Waals surface area contributed by atoms with Gasteiger partial charge in [-0.25, -0.2) is 5.43 Å². The van der Waals surface area contributed by atoms with E-state index in [1.165, 1.54) is 0 Å². The highest BCUT2D eigenvalue weighted by molar-refractivity contribution is 6.43. The molecule has 17 heavy (non-hydrogen) atoms. The summed E-state index contributed by atoms with van der Waals surface area (Å²) in [6, 6.07) is 0. The van der Waals surface area contributed by atoms with E-state index in [1.807, 2.05) is 0 Å².